The number of anilines is 1. The first-order valence-electron chi connectivity index (χ1n) is 8.90. The van der Waals surface area contributed by atoms with Crippen LogP contribution in [0.3, 0.4) is 0 Å². The lowest BCUT2D eigenvalue weighted by Gasteiger charge is -2.27. The Balaban J connectivity index is 1.77. The first-order chi connectivity index (χ1) is 13.6. The Morgan fingerprint density at radius 3 is 2.89 bits per heavy atom. The van der Waals surface area contributed by atoms with Gasteiger partial charge in [0.2, 0.25) is 0 Å². The van der Waals surface area contributed by atoms with Crippen LogP contribution in [0.2, 0.25) is 0 Å². The zero-order valence-corrected chi connectivity index (χ0v) is 18.5. The lowest BCUT2D eigenvalue weighted by atomic mass is 10.0. The molecule has 142 valence electrons. The van der Waals surface area contributed by atoms with E-state index in [-0.39, 0.29) is 5.78 Å². The van der Waals surface area contributed by atoms with Gasteiger partial charge in [0.15, 0.2) is 10.9 Å². The second-order valence-electron chi connectivity index (χ2n) is 6.42. The topological polar surface area (TPSA) is 46.1 Å². The monoisotopic (exact) mass is 471 g/mol. The highest BCUT2D eigenvalue weighted by atomic mass is 79.9. The number of hydrogen-bond donors (Lipinski definition) is 0. The molecular weight excluding hydrogens is 454 g/mol. The molecule has 0 radical (unpaired) electrons. The van der Waals surface area contributed by atoms with Crippen LogP contribution in [0.15, 0.2) is 67.9 Å². The average molecular weight is 472 g/mol. The molecule has 4 nitrogen and oxygen atoms in total. The van der Waals surface area contributed by atoms with E-state index in [1.807, 2.05) is 30.5 Å². The molecule has 28 heavy (non-hydrogen) atoms. The molecule has 3 heterocycles. The van der Waals surface area contributed by atoms with Gasteiger partial charge in [-0.15, -0.1) is 11.3 Å². The summed E-state index contributed by atoms with van der Waals surface area (Å²) in [5.74, 6) is 0.0519. The summed E-state index contributed by atoms with van der Waals surface area (Å²) < 4.78 is 1.08. The molecule has 4 rings (SSSR count). The van der Waals surface area contributed by atoms with E-state index in [2.05, 4.69) is 49.4 Å². The maximum absolute atomic E-state index is 11.9. The summed E-state index contributed by atoms with van der Waals surface area (Å²) in [4.78, 5) is 24.8. The highest BCUT2D eigenvalue weighted by Crippen LogP contribution is 2.35. The standard InChI is InChI=1S/C21H18BrN3OS2/c1-14(26)15-6-5-7-16(10-15)20-18(25-8-3-2-4-9-25)12-23-21(24-20)28-17-11-19(22)27-13-17/h2-3,5-7,10-13H,4,8-9H2,1H3. The maximum Gasteiger partial charge on any atom is 0.193 e. The predicted octanol–water partition coefficient (Wildman–Crippen LogP) is 6.09. The molecule has 0 unspecified atom stereocenters. The molecule has 1 aliphatic heterocycles. The molecule has 0 saturated heterocycles. The van der Waals surface area contributed by atoms with Crippen LogP contribution in [0, 0.1) is 0 Å². The van der Waals surface area contributed by atoms with Crippen LogP contribution < -0.4 is 4.90 Å². The van der Waals surface area contributed by atoms with Crippen molar-refractivity contribution >= 4 is 50.5 Å². The Morgan fingerprint density at radius 2 is 2.18 bits per heavy atom. The van der Waals surface area contributed by atoms with Gasteiger partial charge < -0.3 is 4.90 Å². The van der Waals surface area contributed by atoms with E-state index in [0.717, 1.165) is 45.1 Å². The third-order valence-corrected chi connectivity index (χ3v) is 6.95. The number of rotatable bonds is 5. The largest absolute Gasteiger partial charge is 0.364 e. The van der Waals surface area contributed by atoms with Crippen LogP contribution in [0.1, 0.15) is 23.7 Å². The Morgan fingerprint density at radius 1 is 1.29 bits per heavy atom. The summed E-state index contributed by atoms with van der Waals surface area (Å²) in [5, 5.41) is 2.78. The third-order valence-electron chi connectivity index (χ3n) is 4.44. The van der Waals surface area contributed by atoms with Gasteiger partial charge in [0.05, 0.1) is 21.4 Å². The van der Waals surface area contributed by atoms with Crippen LogP contribution in [0.4, 0.5) is 5.69 Å². The summed E-state index contributed by atoms with van der Waals surface area (Å²) >= 11 is 6.69. The number of carbonyl (C=O) groups excluding carboxylic acids is 1. The van der Waals surface area contributed by atoms with Crippen molar-refractivity contribution in [3.8, 4) is 11.3 Å². The van der Waals surface area contributed by atoms with E-state index in [1.54, 1.807) is 30.0 Å². The highest BCUT2D eigenvalue weighted by Gasteiger charge is 2.18. The summed E-state index contributed by atoms with van der Waals surface area (Å²) in [7, 11) is 0. The number of benzene rings is 1. The summed E-state index contributed by atoms with van der Waals surface area (Å²) in [5.41, 5.74) is 3.50. The molecule has 0 amide bonds. The van der Waals surface area contributed by atoms with Crippen LogP contribution in [0.5, 0.6) is 0 Å². The molecule has 0 saturated carbocycles. The minimum absolute atomic E-state index is 0.0519. The normalized spacial score (nSPS) is 13.7. The first-order valence-corrected chi connectivity index (χ1v) is 11.4. The molecule has 0 bridgehead atoms. The van der Waals surface area contributed by atoms with Crippen LogP contribution in [-0.2, 0) is 0 Å². The number of ketones is 1. The van der Waals surface area contributed by atoms with Crippen molar-refractivity contribution < 1.29 is 4.79 Å². The molecule has 0 aliphatic carbocycles. The van der Waals surface area contributed by atoms with Gasteiger partial charge in [-0.1, -0.05) is 30.4 Å². The second kappa shape index (κ2) is 8.59. The van der Waals surface area contributed by atoms with E-state index in [4.69, 9.17) is 4.98 Å². The van der Waals surface area contributed by atoms with E-state index < -0.39 is 0 Å². The molecule has 1 aliphatic rings. The zero-order chi connectivity index (χ0) is 19.5. The van der Waals surface area contributed by atoms with Gasteiger partial charge >= 0.3 is 0 Å². The van der Waals surface area contributed by atoms with Crippen molar-refractivity contribution in [2.75, 3.05) is 18.0 Å². The summed E-state index contributed by atoms with van der Waals surface area (Å²) in [6, 6.07) is 9.75. The van der Waals surface area contributed by atoms with Crippen molar-refractivity contribution in [1.29, 1.82) is 0 Å². The number of thiophene rings is 1. The fourth-order valence-corrected chi connectivity index (χ4v) is 5.26. The third kappa shape index (κ3) is 4.37. The van der Waals surface area contributed by atoms with Crippen LogP contribution in [-0.4, -0.2) is 28.8 Å². The van der Waals surface area contributed by atoms with Gasteiger partial charge in [-0.3, -0.25) is 4.79 Å². The fraction of sp³-hybridized carbons (Fsp3) is 0.190. The van der Waals surface area contributed by atoms with Gasteiger partial charge in [-0.05, 0) is 53.2 Å². The zero-order valence-electron chi connectivity index (χ0n) is 15.3. The van der Waals surface area contributed by atoms with Gasteiger partial charge in [0, 0.05) is 34.5 Å². The van der Waals surface area contributed by atoms with E-state index in [9.17, 15) is 4.79 Å². The van der Waals surface area contributed by atoms with Gasteiger partial charge in [0.25, 0.3) is 0 Å². The quantitative estimate of drug-likeness (QED) is 0.256. The molecular formula is C21H18BrN3OS2. The number of aromatic nitrogens is 2. The SMILES string of the molecule is CC(=O)c1cccc(-c2nc(Sc3csc(Br)c3)ncc2N2CC=CCC2)c1. The number of nitrogens with zero attached hydrogens (tertiary/aromatic N) is 3. The van der Waals surface area contributed by atoms with E-state index in [1.165, 1.54) is 0 Å². The molecule has 2 aromatic heterocycles. The van der Waals surface area contributed by atoms with Crippen molar-refractivity contribution in [2.24, 2.45) is 0 Å². The summed E-state index contributed by atoms with van der Waals surface area (Å²) in [6.45, 7) is 3.36. The molecule has 0 N–H and O–H groups in total. The van der Waals surface area contributed by atoms with E-state index >= 15 is 0 Å². The van der Waals surface area contributed by atoms with Gasteiger partial charge in [-0.2, -0.15) is 0 Å². The van der Waals surface area contributed by atoms with Crippen molar-refractivity contribution in [1.82, 2.24) is 9.97 Å². The number of hydrogen-bond acceptors (Lipinski definition) is 6. The molecule has 3 aromatic rings. The minimum Gasteiger partial charge on any atom is -0.364 e. The average Bonchev–Trinajstić information content (AvgIpc) is 3.13. The summed E-state index contributed by atoms with van der Waals surface area (Å²) in [6.07, 6.45) is 7.29. The van der Waals surface area contributed by atoms with Crippen molar-refractivity contribution in [3.05, 3.63) is 63.4 Å². The lowest BCUT2D eigenvalue weighted by molar-refractivity contribution is 0.101. The Hall–Kier alpha value is -1.96. The Bertz CT molecular complexity index is 1050. The van der Waals surface area contributed by atoms with Gasteiger partial charge in [0.1, 0.15) is 0 Å². The number of Topliss-reactive ketones (excluding diaryl/α,β-unsaturated/α-hetero) is 1. The maximum atomic E-state index is 11.9. The van der Waals surface area contributed by atoms with Crippen molar-refractivity contribution in [2.45, 2.75) is 23.4 Å². The first kappa shape index (κ1) is 19.4. The highest BCUT2D eigenvalue weighted by molar-refractivity contribution is 9.11. The molecule has 1 aromatic carbocycles. The molecule has 7 heteroatoms. The Labute approximate surface area is 180 Å². The number of carbonyl (C=O) groups is 1. The van der Waals surface area contributed by atoms with Crippen LogP contribution in [0.25, 0.3) is 11.3 Å². The molecule has 0 fully saturated rings. The Kier molecular flexibility index (Phi) is 5.94. The molecule has 0 spiro atoms. The molecule has 0 atom stereocenters. The van der Waals surface area contributed by atoms with Gasteiger partial charge in [-0.25, -0.2) is 9.97 Å². The predicted molar refractivity (Wildman–Crippen MR) is 120 cm³/mol. The smallest absolute Gasteiger partial charge is 0.193 e. The second-order valence-corrected chi connectivity index (χ2v) is 9.75. The van der Waals surface area contributed by atoms with E-state index in [0.29, 0.717) is 10.7 Å². The van der Waals surface area contributed by atoms with Crippen molar-refractivity contribution in [3.63, 3.8) is 0 Å². The minimum atomic E-state index is 0.0519. The van der Waals surface area contributed by atoms with Crippen LogP contribution >= 0.6 is 39.0 Å². The number of halogens is 1. The fourth-order valence-electron chi connectivity index (χ4n) is 3.05. The lowest BCUT2D eigenvalue weighted by Crippen LogP contribution is -2.27.